The van der Waals surface area contributed by atoms with Gasteiger partial charge in [0.2, 0.25) is 0 Å². The van der Waals surface area contributed by atoms with Crippen LogP contribution in [0.4, 0.5) is 0 Å². The number of hydrogen-bond acceptors (Lipinski definition) is 3. The second-order valence-corrected chi connectivity index (χ2v) is 5.11. The van der Waals surface area contributed by atoms with Crippen LogP contribution in [0, 0.1) is 5.92 Å². The Balaban J connectivity index is 2.01. The maximum atomic E-state index is 11.9. The summed E-state index contributed by atoms with van der Waals surface area (Å²) in [5.74, 6) is 0.0164. The summed E-state index contributed by atoms with van der Waals surface area (Å²) in [4.78, 5) is 16.0. The number of carbonyl (C=O) groups excluding carboxylic acids is 1. The highest BCUT2D eigenvalue weighted by Crippen LogP contribution is 2.25. The summed E-state index contributed by atoms with van der Waals surface area (Å²) in [7, 11) is 0. The third-order valence-corrected chi connectivity index (χ3v) is 3.60. The molecule has 2 rings (SSSR count). The van der Waals surface area contributed by atoms with Crippen molar-refractivity contribution in [1.82, 2.24) is 10.3 Å². The van der Waals surface area contributed by atoms with Gasteiger partial charge in [-0.1, -0.05) is 12.5 Å². The summed E-state index contributed by atoms with van der Waals surface area (Å²) in [5.41, 5.74) is 0.406. The van der Waals surface area contributed by atoms with E-state index in [2.05, 4.69) is 26.2 Å². The average Bonchev–Trinajstić information content (AvgIpc) is 2.76. The Labute approximate surface area is 109 Å². The molecule has 0 aliphatic heterocycles. The quantitative estimate of drug-likeness (QED) is 0.836. The molecular formula is C12H15BrN2O2. The van der Waals surface area contributed by atoms with E-state index in [0.29, 0.717) is 10.3 Å². The number of aliphatic hydroxyl groups is 1. The van der Waals surface area contributed by atoms with Gasteiger partial charge < -0.3 is 10.4 Å². The normalized spacial score (nSPS) is 23.6. The zero-order chi connectivity index (χ0) is 12.3. The van der Waals surface area contributed by atoms with Crippen molar-refractivity contribution in [1.29, 1.82) is 0 Å². The Morgan fingerprint density at radius 2 is 2.35 bits per heavy atom. The molecule has 0 aromatic carbocycles. The number of carbonyl (C=O) groups is 1. The lowest BCUT2D eigenvalue weighted by molar-refractivity contribution is 0.0911. The van der Waals surface area contributed by atoms with E-state index in [0.717, 1.165) is 19.3 Å². The van der Waals surface area contributed by atoms with E-state index in [-0.39, 0.29) is 24.5 Å². The predicted molar refractivity (Wildman–Crippen MR) is 67.6 cm³/mol. The molecule has 1 fully saturated rings. The number of rotatable bonds is 3. The van der Waals surface area contributed by atoms with Crippen molar-refractivity contribution in [3.63, 3.8) is 0 Å². The van der Waals surface area contributed by atoms with Crippen LogP contribution < -0.4 is 5.32 Å². The van der Waals surface area contributed by atoms with Crippen LogP contribution in [0.15, 0.2) is 22.8 Å². The molecule has 2 N–H and O–H groups in total. The summed E-state index contributed by atoms with van der Waals surface area (Å²) in [6, 6.07) is 5.32. The summed E-state index contributed by atoms with van der Waals surface area (Å²) in [5, 5.41) is 12.1. The topological polar surface area (TPSA) is 62.2 Å². The lowest BCUT2D eigenvalue weighted by Gasteiger charge is -2.18. The predicted octanol–water partition coefficient (Wildman–Crippen LogP) is 1.73. The van der Waals surface area contributed by atoms with Crippen LogP contribution >= 0.6 is 15.9 Å². The van der Waals surface area contributed by atoms with Gasteiger partial charge in [0.25, 0.3) is 5.91 Å². The summed E-state index contributed by atoms with van der Waals surface area (Å²) in [6.45, 7) is 0.136. The van der Waals surface area contributed by atoms with Crippen molar-refractivity contribution in [3.8, 4) is 0 Å². The fourth-order valence-corrected chi connectivity index (χ4v) is 2.57. The van der Waals surface area contributed by atoms with Gasteiger partial charge in [-0.2, -0.15) is 0 Å². The summed E-state index contributed by atoms with van der Waals surface area (Å²) >= 11 is 3.24. The Morgan fingerprint density at radius 1 is 1.53 bits per heavy atom. The Morgan fingerprint density at radius 3 is 3.06 bits per heavy atom. The first-order chi connectivity index (χ1) is 8.20. The van der Waals surface area contributed by atoms with Crippen LogP contribution in [0.2, 0.25) is 0 Å². The number of hydrogen-bond donors (Lipinski definition) is 2. The molecule has 1 aliphatic carbocycles. The molecule has 92 valence electrons. The summed E-state index contributed by atoms with van der Waals surface area (Å²) in [6.07, 6.45) is 2.97. The molecule has 0 bridgehead atoms. The van der Waals surface area contributed by atoms with E-state index in [4.69, 9.17) is 0 Å². The van der Waals surface area contributed by atoms with Crippen molar-refractivity contribution < 1.29 is 9.90 Å². The van der Waals surface area contributed by atoms with Gasteiger partial charge in [-0.25, -0.2) is 4.98 Å². The monoisotopic (exact) mass is 298 g/mol. The first-order valence-corrected chi connectivity index (χ1v) is 6.54. The molecule has 4 nitrogen and oxygen atoms in total. The maximum Gasteiger partial charge on any atom is 0.270 e. The number of nitrogens with one attached hydrogen (secondary N) is 1. The lowest BCUT2D eigenvalue weighted by atomic mass is 10.1. The van der Waals surface area contributed by atoms with Gasteiger partial charge >= 0.3 is 0 Å². The molecule has 1 amide bonds. The van der Waals surface area contributed by atoms with Crippen molar-refractivity contribution in [3.05, 3.63) is 28.5 Å². The summed E-state index contributed by atoms with van der Waals surface area (Å²) < 4.78 is 0.648. The Hall–Kier alpha value is -0.940. The lowest BCUT2D eigenvalue weighted by Crippen LogP contribution is -2.38. The number of amides is 1. The number of nitrogens with zero attached hydrogens (tertiary/aromatic N) is 1. The molecule has 1 aromatic rings. The maximum absolute atomic E-state index is 11.9. The van der Waals surface area contributed by atoms with Crippen molar-refractivity contribution in [2.75, 3.05) is 6.61 Å². The van der Waals surface area contributed by atoms with Crippen LogP contribution in [0.3, 0.4) is 0 Å². The average molecular weight is 299 g/mol. The van der Waals surface area contributed by atoms with Crippen molar-refractivity contribution in [2.24, 2.45) is 5.92 Å². The smallest absolute Gasteiger partial charge is 0.270 e. The van der Waals surface area contributed by atoms with Crippen LogP contribution in [0.1, 0.15) is 29.8 Å². The molecule has 2 unspecified atom stereocenters. The number of halogens is 1. The Kier molecular flexibility index (Phi) is 4.12. The SMILES string of the molecule is O=C(NC1CCCC1CO)c1cccc(Br)n1. The minimum Gasteiger partial charge on any atom is -0.396 e. The molecule has 1 aromatic heterocycles. The molecular weight excluding hydrogens is 284 g/mol. The van der Waals surface area contributed by atoms with Crippen LogP contribution in [0.5, 0.6) is 0 Å². The molecule has 1 heterocycles. The molecule has 0 radical (unpaired) electrons. The van der Waals surface area contributed by atoms with E-state index in [1.54, 1.807) is 18.2 Å². The third-order valence-electron chi connectivity index (χ3n) is 3.16. The second kappa shape index (κ2) is 5.60. The highest BCUT2D eigenvalue weighted by atomic mass is 79.9. The van der Waals surface area contributed by atoms with Gasteiger partial charge in [0.05, 0.1) is 0 Å². The standard InChI is InChI=1S/C12H15BrN2O2/c13-11-6-2-5-10(14-11)12(17)15-9-4-1-3-8(9)7-16/h2,5-6,8-9,16H,1,3-4,7H2,(H,15,17). The zero-order valence-corrected chi connectivity index (χ0v) is 11.0. The number of aromatic nitrogens is 1. The third kappa shape index (κ3) is 3.04. The van der Waals surface area contributed by atoms with Gasteiger partial charge in [0.15, 0.2) is 0 Å². The van der Waals surface area contributed by atoms with Gasteiger partial charge in [0.1, 0.15) is 10.3 Å². The first-order valence-electron chi connectivity index (χ1n) is 5.75. The minimum atomic E-state index is -0.170. The van der Waals surface area contributed by atoms with E-state index in [1.807, 2.05) is 0 Å². The van der Waals surface area contributed by atoms with E-state index in [9.17, 15) is 9.90 Å². The number of aliphatic hydroxyl groups excluding tert-OH is 1. The molecule has 2 atom stereocenters. The van der Waals surface area contributed by atoms with E-state index >= 15 is 0 Å². The molecule has 5 heteroatoms. The minimum absolute atomic E-state index is 0.0771. The molecule has 0 saturated heterocycles. The highest BCUT2D eigenvalue weighted by molar-refractivity contribution is 9.10. The van der Waals surface area contributed by atoms with Gasteiger partial charge in [0, 0.05) is 18.6 Å². The van der Waals surface area contributed by atoms with Crippen LogP contribution in [-0.2, 0) is 0 Å². The second-order valence-electron chi connectivity index (χ2n) is 4.30. The molecule has 1 aliphatic rings. The van der Waals surface area contributed by atoms with Gasteiger partial charge in [-0.05, 0) is 40.9 Å². The van der Waals surface area contributed by atoms with E-state index in [1.165, 1.54) is 0 Å². The largest absolute Gasteiger partial charge is 0.396 e. The highest BCUT2D eigenvalue weighted by Gasteiger charge is 2.28. The zero-order valence-electron chi connectivity index (χ0n) is 9.40. The van der Waals surface area contributed by atoms with Crippen LogP contribution in [0.25, 0.3) is 0 Å². The van der Waals surface area contributed by atoms with Gasteiger partial charge in [-0.3, -0.25) is 4.79 Å². The van der Waals surface area contributed by atoms with Crippen molar-refractivity contribution in [2.45, 2.75) is 25.3 Å². The fourth-order valence-electron chi connectivity index (χ4n) is 2.22. The van der Waals surface area contributed by atoms with E-state index < -0.39 is 0 Å². The van der Waals surface area contributed by atoms with Crippen LogP contribution in [-0.4, -0.2) is 28.6 Å². The molecule has 1 saturated carbocycles. The number of pyridine rings is 1. The Bertz CT molecular complexity index is 411. The molecule has 0 spiro atoms. The first kappa shape index (κ1) is 12.5. The van der Waals surface area contributed by atoms with Gasteiger partial charge in [-0.15, -0.1) is 0 Å². The fraction of sp³-hybridized carbons (Fsp3) is 0.500. The molecule has 17 heavy (non-hydrogen) atoms. The van der Waals surface area contributed by atoms with Crippen molar-refractivity contribution >= 4 is 21.8 Å².